The van der Waals surface area contributed by atoms with Gasteiger partial charge in [0.25, 0.3) is 0 Å². The number of benzene rings is 1. The minimum atomic E-state index is -3.14. The molecule has 0 unspecified atom stereocenters. The van der Waals surface area contributed by atoms with Gasteiger partial charge in [0.1, 0.15) is 0 Å². The maximum absolute atomic E-state index is 11.8. The van der Waals surface area contributed by atoms with Gasteiger partial charge in [-0.05, 0) is 24.6 Å². The van der Waals surface area contributed by atoms with Crippen LogP contribution in [0.3, 0.4) is 0 Å². The summed E-state index contributed by atoms with van der Waals surface area (Å²) in [7, 11) is -3.14. The molecule has 2 amide bonds. The molecule has 0 spiro atoms. The van der Waals surface area contributed by atoms with E-state index in [9.17, 15) is 18.0 Å². The van der Waals surface area contributed by atoms with Crippen molar-refractivity contribution in [3.8, 4) is 0 Å². The fourth-order valence-corrected chi connectivity index (χ4v) is 5.04. The number of carbonyl (C=O) groups is 2. The molecule has 1 aliphatic heterocycles. The van der Waals surface area contributed by atoms with Crippen molar-refractivity contribution >= 4 is 56.6 Å². The first-order valence-corrected chi connectivity index (χ1v) is 10.2. The van der Waals surface area contributed by atoms with Gasteiger partial charge in [-0.2, -0.15) is 0 Å². The molecule has 0 aliphatic carbocycles. The Labute approximate surface area is 148 Å². The van der Waals surface area contributed by atoms with Crippen molar-refractivity contribution in [2.24, 2.45) is 5.92 Å². The predicted molar refractivity (Wildman–Crippen MR) is 90.2 cm³/mol. The van der Waals surface area contributed by atoms with Crippen LogP contribution >= 0.6 is 35.0 Å². The molecule has 1 saturated heterocycles. The molecule has 6 nitrogen and oxygen atoms in total. The summed E-state index contributed by atoms with van der Waals surface area (Å²) in [6.45, 7) is 0. The SMILES string of the molecule is O=C(CSc1cc(Cl)ccc1Cl)NNC(=O)[C@@H]1CCS(=O)(=O)C1. The zero-order chi connectivity index (χ0) is 17.0. The summed E-state index contributed by atoms with van der Waals surface area (Å²) in [5.41, 5.74) is 4.51. The first kappa shape index (κ1) is 18.4. The molecule has 1 aromatic carbocycles. The fraction of sp³-hybridized carbons (Fsp3) is 0.385. The monoisotopic (exact) mass is 396 g/mol. The lowest BCUT2D eigenvalue weighted by Crippen LogP contribution is -2.45. The van der Waals surface area contributed by atoms with Crippen LogP contribution in [0, 0.1) is 5.92 Å². The van der Waals surface area contributed by atoms with E-state index in [4.69, 9.17) is 23.2 Å². The third kappa shape index (κ3) is 5.56. The van der Waals surface area contributed by atoms with Crippen LogP contribution < -0.4 is 10.9 Å². The number of amides is 2. The van der Waals surface area contributed by atoms with Crippen molar-refractivity contribution in [1.82, 2.24) is 10.9 Å². The number of hydrogen-bond donors (Lipinski definition) is 2. The molecule has 1 aliphatic rings. The van der Waals surface area contributed by atoms with Crippen molar-refractivity contribution in [3.05, 3.63) is 28.2 Å². The predicted octanol–water partition coefficient (Wildman–Crippen LogP) is 1.67. The summed E-state index contributed by atoms with van der Waals surface area (Å²) < 4.78 is 22.6. The standard InChI is InChI=1S/C13H14Cl2N2O4S2/c14-9-1-2-10(15)11(5-9)22-6-12(18)16-17-13(19)8-3-4-23(20,21)7-8/h1-2,5,8H,3-4,6-7H2,(H,16,18)(H,17,19)/t8-/m1/s1. The molecule has 1 fully saturated rings. The lowest BCUT2D eigenvalue weighted by Gasteiger charge is -2.11. The molecule has 0 aromatic heterocycles. The largest absolute Gasteiger partial charge is 0.273 e. The number of hydrazine groups is 1. The van der Waals surface area contributed by atoms with Gasteiger partial charge in [0.15, 0.2) is 9.84 Å². The molecular weight excluding hydrogens is 383 g/mol. The Morgan fingerprint density at radius 1 is 1.26 bits per heavy atom. The Morgan fingerprint density at radius 3 is 2.65 bits per heavy atom. The van der Waals surface area contributed by atoms with Crippen molar-refractivity contribution in [1.29, 1.82) is 0 Å². The number of nitrogens with one attached hydrogen (secondary N) is 2. The maximum Gasteiger partial charge on any atom is 0.248 e. The van der Waals surface area contributed by atoms with Gasteiger partial charge in [0.05, 0.1) is 28.2 Å². The van der Waals surface area contributed by atoms with E-state index in [2.05, 4.69) is 10.9 Å². The normalized spacial score (nSPS) is 19.3. The highest BCUT2D eigenvalue weighted by atomic mass is 35.5. The first-order chi connectivity index (χ1) is 10.8. The molecular formula is C13H14Cl2N2O4S2. The summed E-state index contributed by atoms with van der Waals surface area (Å²) >= 11 is 13.0. The molecule has 0 bridgehead atoms. The Bertz CT molecular complexity index is 725. The summed E-state index contributed by atoms with van der Waals surface area (Å²) in [6, 6.07) is 4.92. The minimum absolute atomic E-state index is 0.00213. The van der Waals surface area contributed by atoms with Gasteiger partial charge < -0.3 is 0 Å². The highest BCUT2D eigenvalue weighted by Crippen LogP contribution is 2.29. The summed E-state index contributed by atoms with van der Waals surface area (Å²) in [5, 5.41) is 0.987. The van der Waals surface area contributed by atoms with Crippen molar-refractivity contribution in [2.45, 2.75) is 11.3 Å². The van der Waals surface area contributed by atoms with Gasteiger partial charge in [-0.25, -0.2) is 8.42 Å². The molecule has 0 radical (unpaired) electrons. The van der Waals surface area contributed by atoms with Crippen LogP contribution in [0.2, 0.25) is 10.0 Å². The Morgan fingerprint density at radius 2 is 2.00 bits per heavy atom. The van der Waals surface area contributed by atoms with E-state index in [0.717, 1.165) is 0 Å². The number of hydrogen-bond acceptors (Lipinski definition) is 5. The maximum atomic E-state index is 11.8. The third-order valence-corrected chi connectivity index (χ3v) is 6.68. The van der Waals surface area contributed by atoms with Gasteiger partial charge >= 0.3 is 0 Å². The molecule has 10 heteroatoms. The van der Waals surface area contributed by atoms with E-state index in [-0.39, 0.29) is 23.7 Å². The minimum Gasteiger partial charge on any atom is -0.273 e. The van der Waals surface area contributed by atoms with Crippen LogP contribution in [-0.2, 0) is 19.4 Å². The summed E-state index contributed by atoms with van der Waals surface area (Å²) in [4.78, 5) is 24.1. The average molecular weight is 397 g/mol. The lowest BCUT2D eigenvalue weighted by molar-refractivity contribution is -0.129. The zero-order valence-electron chi connectivity index (χ0n) is 11.8. The van der Waals surface area contributed by atoms with E-state index in [1.54, 1.807) is 18.2 Å². The number of rotatable bonds is 4. The van der Waals surface area contributed by atoms with Crippen molar-refractivity contribution in [3.63, 3.8) is 0 Å². The second-order valence-corrected chi connectivity index (χ2v) is 9.09. The van der Waals surface area contributed by atoms with E-state index < -0.39 is 27.6 Å². The van der Waals surface area contributed by atoms with E-state index >= 15 is 0 Å². The van der Waals surface area contributed by atoms with Crippen molar-refractivity contribution < 1.29 is 18.0 Å². The van der Waals surface area contributed by atoms with Crippen molar-refractivity contribution in [2.75, 3.05) is 17.3 Å². The molecule has 1 aromatic rings. The zero-order valence-corrected chi connectivity index (χ0v) is 15.0. The summed E-state index contributed by atoms with van der Waals surface area (Å²) in [6.07, 6.45) is 0.275. The number of sulfone groups is 1. The van der Waals surface area contributed by atoms with E-state index in [1.165, 1.54) is 11.8 Å². The fourth-order valence-electron chi connectivity index (χ4n) is 2.00. The van der Waals surface area contributed by atoms with Crippen LogP contribution in [0.1, 0.15) is 6.42 Å². The van der Waals surface area contributed by atoms with Crippen LogP contribution in [-0.4, -0.2) is 37.5 Å². The highest BCUT2D eigenvalue weighted by molar-refractivity contribution is 8.00. The van der Waals surface area contributed by atoms with Gasteiger partial charge in [-0.15, -0.1) is 11.8 Å². The number of thioether (sulfide) groups is 1. The Balaban J connectivity index is 1.77. The van der Waals surface area contributed by atoms with Gasteiger partial charge in [-0.1, -0.05) is 23.2 Å². The first-order valence-electron chi connectivity index (χ1n) is 6.64. The molecule has 1 heterocycles. The van der Waals surface area contributed by atoms with Crippen LogP contribution in [0.15, 0.2) is 23.1 Å². The van der Waals surface area contributed by atoms with Gasteiger partial charge in [0, 0.05) is 9.92 Å². The molecule has 0 saturated carbocycles. The average Bonchev–Trinajstić information content (AvgIpc) is 2.86. The molecule has 23 heavy (non-hydrogen) atoms. The van der Waals surface area contributed by atoms with Crippen LogP contribution in [0.4, 0.5) is 0 Å². The topological polar surface area (TPSA) is 92.3 Å². The lowest BCUT2D eigenvalue weighted by atomic mass is 10.1. The van der Waals surface area contributed by atoms with Crippen LogP contribution in [0.25, 0.3) is 0 Å². The Kier molecular flexibility index (Phi) is 6.19. The second-order valence-electron chi connectivity index (χ2n) is 5.00. The second kappa shape index (κ2) is 7.74. The molecule has 2 rings (SSSR count). The van der Waals surface area contributed by atoms with Gasteiger partial charge in [0.2, 0.25) is 11.8 Å². The van der Waals surface area contributed by atoms with E-state index in [1.807, 2.05) is 0 Å². The summed E-state index contributed by atoms with van der Waals surface area (Å²) in [5.74, 6) is -1.69. The van der Waals surface area contributed by atoms with Crippen LogP contribution in [0.5, 0.6) is 0 Å². The molecule has 2 N–H and O–H groups in total. The smallest absolute Gasteiger partial charge is 0.248 e. The number of carbonyl (C=O) groups excluding carboxylic acids is 2. The Hall–Kier alpha value is -0.960. The highest BCUT2D eigenvalue weighted by Gasteiger charge is 2.33. The number of halogens is 2. The quantitative estimate of drug-likeness (QED) is 0.596. The molecule has 126 valence electrons. The molecule has 1 atom stereocenters. The third-order valence-electron chi connectivity index (χ3n) is 3.18. The van der Waals surface area contributed by atoms with E-state index in [0.29, 0.717) is 14.9 Å². The van der Waals surface area contributed by atoms with Gasteiger partial charge in [-0.3, -0.25) is 20.4 Å².